The second-order valence-electron chi connectivity index (χ2n) is 3.90. The van der Waals surface area contributed by atoms with Crippen LogP contribution in [0.4, 0.5) is 11.4 Å². The second-order valence-corrected chi connectivity index (χ2v) is 3.90. The van der Waals surface area contributed by atoms with Crippen LogP contribution in [0.5, 0.6) is 0 Å². The van der Waals surface area contributed by atoms with Crippen molar-refractivity contribution in [3.63, 3.8) is 0 Å². The predicted molar refractivity (Wildman–Crippen MR) is 67.7 cm³/mol. The Kier molecular flexibility index (Phi) is 2.78. The molecule has 4 nitrogen and oxygen atoms in total. The summed E-state index contributed by atoms with van der Waals surface area (Å²) in [4.78, 5) is 10.3. The van der Waals surface area contributed by atoms with Gasteiger partial charge in [-0.15, -0.1) is 0 Å². The van der Waals surface area contributed by atoms with Crippen LogP contribution >= 0.6 is 0 Å². The molecule has 0 spiro atoms. The Morgan fingerprint density at radius 1 is 1.18 bits per heavy atom. The molecule has 17 heavy (non-hydrogen) atoms. The average Bonchev–Trinajstić information content (AvgIpc) is 2.32. The number of nitrogens with two attached hydrogens (primary N) is 1. The maximum absolute atomic E-state index is 10.7. The maximum Gasteiger partial charge on any atom is 0.270 e. The van der Waals surface area contributed by atoms with E-state index in [1.54, 1.807) is 6.07 Å². The summed E-state index contributed by atoms with van der Waals surface area (Å²) in [7, 11) is 0. The highest BCUT2D eigenvalue weighted by Gasteiger charge is 2.09. The Morgan fingerprint density at radius 2 is 1.94 bits per heavy atom. The number of nitro benzene ring substituents is 1. The van der Waals surface area contributed by atoms with Crippen molar-refractivity contribution in [2.45, 2.75) is 6.92 Å². The first kappa shape index (κ1) is 11.1. The molecular formula is C13H12N2O2. The Balaban J connectivity index is 2.56. The number of hydrogen-bond donors (Lipinski definition) is 1. The van der Waals surface area contributed by atoms with E-state index in [0.717, 1.165) is 16.7 Å². The number of aryl methyl sites for hydroxylation is 1. The minimum Gasteiger partial charge on any atom is -0.398 e. The predicted octanol–water partition coefficient (Wildman–Crippen LogP) is 3.15. The average molecular weight is 228 g/mol. The van der Waals surface area contributed by atoms with Gasteiger partial charge < -0.3 is 5.73 Å². The highest BCUT2D eigenvalue weighted by Crippen LogP contribution is 2.29. The summed E-state index contributed by atoms with van der Waals surface area (Å²) < 4.78 is 0. The van der Waals surface area contributed by atoms with E-state index in [-0.39, 0.29) is 5.69 Å². The lowest BCUT2D eigenvalue weighted by Gasteiger charge is -2.06. The Hall–Kier alpha value is -2.36. The molecule has 0 aliphatic rings. The summed E-state index contributed by atoms with van der Waals surface area (Å²) >= 11 is 0. The van der Waals surface area contributed by atoms with Crippen molar-refractivity contribution in [3.8, 4) is 11.1 Å². The molecule has 0 unspecified atom stereocenters. The van der Waals surface area contributed by atoms with Crippen LogP contribution in [0, 0.1) is 17.0 Å². The lowest BCUT2D eigenvalue weighted by atomic mass is 10.0. The van der Waals surface area contributed by atoms with Gasteiger partial charge in [-0.05, 0) is 24.6 Å². The molecule has 86 valence electrons. The van der Waals surface area contributed by atoms with Crippen molar-refractivity contribution in [3.05, 3.63) is 58.1 Å². The number of nitro groups is 1. The lowest BCUT2D eigenvalue weighted by molar-refractivity contribution is -0.384. The number of nitrogens with zero attached hydrogens (tertiary/aromatic N) is 1. The van der Waals surface area contributed by atoms with Gasteiger partial charge in [0.2, 0.25) is 0 Å². The van der Waals surface area contributed by atoms with E-state index < -0.39 is 4.92 Å². The zero-order chi connectivity index (χ0) is 12.4. The summed E-state index contributed by atoms with van der Waals surface area (Å²) in [6.45, 7) is 1.96. The van der Waals surface area contributed by atoms with Crippen molar-refractivity contribution in [1.82, 2.24) is 0 Å². The molecule has 0 amide bonds. The smallest absolute Gasteiger partial charge is 0.270 e. The first-order valence-corrected chi connectivity index (χ1v) is 5.19. The molecule has 0 radical (unpaired) electrons. The monoisotopic (exact) mass is 228 g/mol. The number of benzene rings is 2. The third kappa shape index (κ3) is 2.25. The van der Waals surface area contributed by atoms with Crippen LogP contribution in [0.3, 0.4) is 0 Å². The summed E-state index contributed by atoms with van der Waals surface area (Å²) in [6, 6.07) is 12.1. The van der Waals surface area contributed by atoms with Crippen LogP contribution in [-0.4, -0.2) is 4.92 Å². The van der Waals surface area contributed by atoms with Crippen LogP contribution in [-0.2, 0) is 0 Å². The van der Waals surface area contributed by atoms with Gasteiger partial charge in [0.05, 0.1) is 4.92 Å². The third-order valence-corrected chi connectivity index (χ3v) is 2.58. The number of nitrogen functional groups attached to an aromatic ring is 1. The summed E-state index contributed by atoms with van der Waals surface area (Å²) in [5.41, 5.74) is 9.23. The molecule has 4 heteroatoms. The minimum absolute atomic E-state index is 0.0726. The molecule has 0 aliphatic carbocycles. The number of hydrogen-bond acceptors (Lipinski definition) is 3. The largest absolute Gasteiger partial charge is 0.398 e. The molecule has 0 aromatic heterocycles. The lowest BCUT2D eigenvalue weighted by Crippen LogP contribution is -1.92. The molecule has 0 atom stereocenters. The molecule has 0 heterocycles. The number of anilines is 1. The molecule has 2 N–H and O–H groups in total. The fourth-order valence-electron chi connectivity index (χ4n) is 1.71. The molecule has 2 aromatic rings. The molecule has 0 saturated heterocycles. The Bertz CT molecular complexity index is 579. The molecule has 0 fully saturated rings. The topological polar surface area (TPSA) is 69.2 Å². The van der Waals surface area contributed by atoms with Crippen molar-refractivity contribution < 1.29 is 4.92 Å². The Labute approximate surface area is 98.8 Å². The maximum atomic E-state index is 10.7. The summed E-state index contributed by atoms with van der Waals surface area (Å²) in [5.74, 6) is 0. The van der Waals surface area contributed by atoms with E-state index in [9.17, 15) is 10.1 Å². The van der Waals surface area contributed by atoms with Gasteiger partial charge in [0, 0.05) is 23.4 Å². The van der Waals surface area contributed by atoms with Gasteiger partial charge in [-0.3, -0.25) is 10.1 Å². The van der Waals surface area contributed by atoms with Crippen molar-refractivity contribution in [2.24, 2.45) is 0 Å². The van der Waals surface area contributed by atoms with Gasteiger partial charge in [0.15, 0.2) is 0 Å². The minimum atomic E-state index is -0.407. The molecule has 0 aliphatic heterocycles. The van der Waals surface area contributed by atoms with Crippen molar-refractivity contribution in [1.29, 1.82) is 0 Å². The van der Waals surface area contributed by atoms with Gasteiger partial charge in [0.1, 0.15) is 0 Å². The highest BCUT2D eigenvalue weighted by molar-refractivity contribution is 5.78. The van der Waals surface area contributed by atoms with Gasteiger partial charge in [-0.25, -0.2) is 0 Å². The fourth-order valence-corrected chi connectivity index (χ4v) is 1.71. The van der Waals surface area contributed by atoms with Gasteiger partial charge in [-0.1, -0.05) is 23.8 Å². The van der Waals surface area contributed by atoms with Crippen LogP contribution < -0.4 is 5.73 Å². The van der Waals surface area contributed by atoms with E-state index in [1.165, 1.54) is 12.1 Å². The zero-order valence-corrected chi connectivity index (χ0v) is 9.38. The molecule has 0 bridgehead atoms. The van der Waals surface area contributed by atoms with Crippen LogP contribution in [0.2, 0.25) is 0 Å². The van der Waals surface area contributed by atoms with Gasteiger partial charge in [0.25, 0.3) is 5.69 Å². The molecule has 2 aromatic carbocycles. The number of rotatable bonds is 2. The first-order valence-electron chi connectivity index (χ1n) is 5.19. The standard InChI is InChI=1S/C13H12N2O2/c1-9-5-6-13(14)12(7-9)10-3-2-4-11(8-10)15(16)17/h2-8H,14H2,1H3. The molecule has 2 rings (SSSR count). The van der Waals surface area contributed by atoms with Crippen LogP contribution in [0.15, 0.2) is 42.5 Å². The van der Waals surface area contributed by atoms with Crippen molar-refractivity contribution in [2.75, 3.05) is 5.73 Å². The summed E-state index contributed by atoms with van der Waals surface area (Å²) in [5, 5.41) is 10.7. The summed E-state index contributed by atoms with van der Waals surface area (Å²) in [6.07, 6.45) is 0. The molecular weight excluding hydrogens is 216 g/mol. The molecule has 0 saturated carbocycles. The van der Waals surface area contributed by atoms with E-state index in [2.05, 4.69) is 0 Å². The Morgan fingerprint density at radius 3 is 2.65 bits per heavy atom. The van der Waals surface area contributed by atoms with E-state index in [0.29, 0.717) is 5.69 Å². The van der Waals surface area contributed by atoms with Crippen LogP contribution in [0.1, 0.15) is 5.56 Å². The van der Waals surface area contributed by atoms with E-state index in [1.807, 2.05) is 31.2 Å². The normalized spacial score (nSPS) is 10.2. The highest BCUT2D eigenvalue weighted by atomic mass is 16.6. The zero-order valence-electron chi connectivity index (χ0n) is 9.38. The van der Waals surface area contributed by atoms with E-state index >= 15 is 0 Å². The van der Waals surface area contributed by atoms with Gasteiger partial charge in [-0.2, -0.15) is 0 Å². The SMILES string of the molecule is Cc1ccc(N)c(-c2cccc([N+](=O)[O-])c2)c1. The van der Waals surface area contributed by atoms with Crippen molar-refractivity contribution >= 4 is 11.4 Å². The van der Waals surface area contributed by atoms with Gasteiger partial charge >= 0.3 is 0 Å². The quantitative estimate of drug-likeness (QED) is 0.487. The third-order valence-electron chi connectivity index (χ3n) is 2.58. The van der Waals surface area contributed by atoms with Crippen LogP contribution in [0.25, 0.3) is 11.1 Å². The first-order chi connectivity index (χ1) is 8.08. The fraction of sp³-hybridized carbons (Fsp3) is 0.0769. The number of non-ortho nitro benzene ring substituents is 1. The van der Waals surface area contributed by atoms with E-state index in [4.69, 9.17) is 5.73 Å². The second kappa shape index (κ2) is 4.25.